The van der Waals surface area contributed by atoms with Gasteiger partial charge in [0.15, 0.2) is 0 Å². The van der Waals surface area contributed by atoms with Crippen LogP contribution < -0.4 is 4.74 Å². The molecule has 1 aliphatic carbocycles. The molecular weight excluding hydrogens is 354 g/mol. The first-order chi connectivity index (χ1) is 13.3. The Bertz CT molecular complexity index is 892. The molecule has 0 atom stereocenters. The van der Waals surface area contributed by atoms with Gasteiger partial charge >= 0.3 is 0 Å². The second kappa shape index (κ2) is 8.51. The average Bonchev–Trinajstić information content (AvgIpc) is 3.45. The molecule has 0 spiro atoms. The van der Waals surface area contributed by atoms with Crippen molar-refractivity contribution in [2.75, 3.05) is 13.1 Å². The topological polar surface area (TPSA) is 49.2 Å². The maximum atomic E-state index is 8.73. The molecular formula is C22H23N3OS. The third-order valence-electron chi connectivity index (χ3n) is 4.89. The highest BCUT2D eigenvalue weighted by atomic mass is 32.1. The van der Waals surface area contributed by atoms with Crippen molar-refractivity contribution in [1.29, 1.82) is 5.26 Å². The minimum absolute atomic E-state index is 0.654. The molecule has 0 N–H and O–H groups in total. The summed E-state index contributed by atoms with van der Waals surface area (Å²) in [6.07, 6.45) is 5.27. The molecule has 1 fully saturated rings. The van der Waals surface area contributed by atoms with E-state index in [1.807, 2.05) is 30.3 Å². The van der Waals surface area contributed by atoms with Crippen molar-refractivity contribution < 1.29 is 4.74 Å². The molecule has 0 amide bonds. The van der Waals surface area contributed by atoms with E-state index in [0.29, 0.717) is 11.6 Å². The summed E-state index contributed by atoms with van der Waals surface area (Å²) >= 11 is 1.57. The van der Waals surface area contributed by atoms with E-state index in [0.717, 1.165) is 47.9 Å². The van der Waals surface area contributed by atoms with Crippen molar-refractivity contribution in [3.63, 3.8) is 0 Å². The number of aromatic nitrogens is 1. The zero-order valence-corrected chi connectivity index (χ0v) is 16.1. The fourth-order valence-corrected chi connectivity index (χ4v) is 4.11. The molecule has 0 unspecified atom stereocenters. The Morgan fingerprint density at radius 2 is 1.93 bits per heavy atom. The maximum Gasteiger partial charge on any atom is 0.279 e. The van der Waals surface area contributed by atoms with Crippen LogP contribution in [0.1, 0.15) is 31.2 Å². The van der Waals surface area contributed by atoms with Gasteiger partial charge in [-0.2, -0.15) is 5.26 Å². The van der Waals surface area contributed by atoms with Crippen LogP contribution in [0.4, 0.5) is 0 Å². The molecule has 1 heterocycles. The Kier molecular flexibility index (Phi) is 5.66. The van der Waals surface area contributed by atoms with Crippen LogP contribution in [-0.4, -0.2) is 29.0 Å². The van der Waals surface area contributed by atoms with Gasteiger partial charge in [-0.05, 0) is 62.1 Å². The zero-order chi connectivity index (χ0) is 18.5. The van der Waals surface area contributed by atoms with E-state index < -0.39 is 0 Å². The smallest absolute Gasteiger partial charge is 0.279 e. The number of benzene rings is 2. The van der Waals surface area contributed by atoms with E-state index in [9.17, 15) is 0 Å². The minimum atomic E-state index is 0.654. The zero-order valence-electron chi connectivity index (χ0n) is 15.3. The third-order valence-corrected chi connectivity index (χ3v) is 5.80. The number of hydrogen-bond acceptors (Lipinski definition) is 5. The number of hydrogen-bond donors (Lipinski definition) is 0. The molecule has 1 aromatic heterocycles. The van der Waals surface area contributed by atoms with Gasteiger partial charge in [0.2, 0.25) is 0 Å². The lowest BCUT2D eigenvalue weighted by Gasteiger charge is -2.21. The Labute approximate surface area is 164 Å². The van der Waals surface area contributed by atoms with Crippen LogP contribution in [0.3, 0.4) is 0 Å². The van der Waals surface area contributed by atoms with Crippen LogP contribution in [0, 0.1) is 11.3 Å². The maximum absolute atomic E-state index is 8.73. The van der Waals surface area contributed by atoms with Crippen molar-refractivity contribution in [2.24, 2.45) is 0 Å². The Morgan fingerprint density at radius 3 is 2.67 bits per heavy atom. The Balaban J connectivity index is 1.32. The Morgan fingerprint density at radius 1 is 1.11 bits per heavy atom. The SMILES string of the molecule is N#CCCCN(CCc1ccc(Oc2nc3ccccc3s2)cc1)C1CC1. The summed E-state index contributed by atoms with van der Waals surface area (Å²) in [5.74, 6) is 0.825. The predicted octanol–water partition coefficient (Wildman–Crippen LogP) is 5.40. The minimum Gasteiger partial charge on any atom is -0.431 e. The van der Waals surface area contributed by atoms with Crippen molar-refractivity contribution in [3.8, 4) is 17.0 Å². The molecule has 0 aliphatic heterocycles. The monoisotopic (exact) mass is 377 g/mol. The highest BCUT2D eigenvalue weighted by Gasteiger charge is 2.27. The lowest BCUT2D eigenvalue weighted by Crippen LogP contribution is -2.29. The summed E-state index contributed by atoms with van der Waals surface area (Å²) in [6.45, 7) is 2.10. The normalized spacial score (nSPS) is 13.8. The Hall–Kier alpha value is -2.42. The van der Waals surface area contributed by atoms with Crippen LogP contribution in [0.15, 0.2) is 48.5 Å². The summed E-state index contributed by atoms with van der Waals surface area (Å²) in [7, 11) is 0. The molecule has 4 nitrogen and oxygen atoms in total. The van der Waals surface area contributed by atoms with Crippen molar-refractivity contribution in [2.45, 2.75) is 38.1 Å². The summed E-state index contributed by atoms with van der Waals surface area (Å²) in [5.41, 5.74) is 2.29. The molecule has 4 rings (SSSR count). The number of nitrogens with zero attached hydrogens (tertiary/aromatic N) is 3. The quantitative estimate of drug-likeness (QED) is 0.469. The first kappa shape index (κ1) is 18.0. The molecule has 1 aliphatic rings. The number of para-hydroxylation sites is 1. The molecule has 0 bridgehead atoms. The van der Waals surface area contributed by atoms with Gasteiger partial charge in [0.05, 0.1) is 16.3 Å². The molecule has 0 saturated heterocycles. The summed E-state index contributed by atoms with van der Waals surface area (Å²) in [5, 5.41) is 9.41. The lowest BCUT2D eigenvalue weighted by molar-refractivity contribution is 0.264. The van der Waals surface area contributed by atoms with E-state index in [1.54, 1.807) is 11.3 Å². The van der Waals surface area contributed by atoms with Gasteiger partial charge in [0.25, 0.3) is 5.19 Å². The summed E-state index contributed by atoms with van der Waals surface area (Å²) in [6, 6.07) is 19.4. The first-order valence-electron chi connectivity index (χ1n) is 9.55. The van der Waals surface area contributed by atoms with Crippen LogP contribution in [0.2, 0.25) is 0 Å². The number of ether oxygens (including phenoxy) is 1. The lowest BCUT2D eigenvalue weighted by atomic mass is 10.1. The van der Waals surface area contributed by atoms with E-state index in [4.69, 9.17) is 10.00 Å². The molecule has 1 saturated carbocycles. The third kappa shape index (κ3) is 4.85. The van der Waals surface area contributed by atoms with Gasteiger partial charge in [-0.1, -0.05) is 35.6 Å². The van der Waals surface area contributed by atoms with E-state index in [1.165, 1.54) is 18.4 Å². The predicted molar refractivity (Wildman–Crippen MR) is 109 cm³/mol. The summed E-state index contributed by atoms with van der Waals surface area (Å²) < 4.78 is 7.06. The molecule has 0 radical (unpaired) electrons. The van der Waals surface area contributed by atoms with Gasteiger partial charge < -0.3 is 9.64 Å². The molecule has 3 aromatic rings. The van der Waals surface area contributed by atoms with Crippen LogP contribution in [-0.2, 0) is 6.42 Å². The number of nitriles is 1. The molecule has 27 heavy (non-hydrogen) atoms. The highest BCUT2D eigenvalue weighted by molar-refractivity contribution is 7.20. The van der Waals surface area contributed by atoms with Crippen molar-refractivity contribution >= 4 is 21.6 Å². The fraction of sp³-hybridized carbons (Fsp3) is 0.364. The first-order valence-corrected chi connectivity index (χ1v) is 10.4. The van der Waals surface area contributed by atoms with Crippen LogP contribution >= 0.6 is 11.3 Å². The number of rotatable bonds is 9. The molecule has 138 valence electrons. The van der Waals surface area contributed by atoms with E-state index in [2.05, 4.69) is 34.2 Å². The standard InChI is InChI=1S/C22H23N3OS/c23-14-3-4-15-25(18-9-10-18)16-13-17-7-11-19(12-8-17)26-22-24-20-5-1-2-6-21(20)27-22/h1-2,5-8,11-12,18H,3-4,9-10,13,15-16H2. The van der Waals surface area contributed by atoms with Gasteiger partial charge in [-0.3, -0.25) is 0 Å². The van der Waals surface area contributed by atoms with Crippen LogP contribution in [0.25, 0.3) is 10.2 Å². The van der Waals surface area contributed by atoms with Crippen LogP contribution in [0.5, 0.6) is 10.9 Å². The van der Waals surface area contributed by atoms with Crippen molar-refractivity contribution in [1.82, 2.24) is 9.88 Å². The summed E-state index contributed by atoms with van der Waals surface area (Å²) in [4.78, 5) is 7.06. The van der Waals surface area contributed by atoms with E-state index >= 15 is 0 Å². The number of fused-ring (bicyclic) bond motifs is 1. The van der Waals surface area contributed by atoms with Gasteiger partial charge in [0.1, 0.15) is 5.75 Å². The second-order valence-corrected chi connectivity index (χ2v) is 7.97. The number of unbranched alkanes of at least 4 members (excludes halogenated alkanes) is 1. The van der Waals surface area contributed by atoms with Gasteiger partial charge in [0, 0.05) is 19.0 Å². The number of thiazole rings is 1. The second-order valence-electron chi connectivity index (χ2n) is 6.97. The average molecular weight is 378 g/mol. The highest BCUT2D eigenvalue weighted by Crippen LogP contribution is 2.31. The van der Waals surface area contributed by atoms with Crippen molar-refractivity contribution in [3.05, 3.63) is 54.1 Å². The van der Waals surface area contributed by atoms with E-state index in [-0.39, 0.29) is 0 Å². The molecule has 2 aromatic carbocycles. The fourth-order valence-electron chi connectivity index (χ4n) is 3.27. The van der Waals surface area contributed by atoms with Gasteiger partial charge in [-0.15, -0.1) is 0 Å². The largest absolute Gasteiger partial charge is 0.431 e. The van der Waals surface area contributed by atoms with Gasteiger partial charge in [-0.25, -0.2) is 4.98 Å². The molecule has 5 heteroatoms.